The second-order valence-corrected chi connectivity index (χ2v) is 9.86. The van der Waals surface area contributed by atoms with Crippen molar-refractivity contribution < 1.29 is 19.1 Å². The summed E-state index contributed by atoms with van der Waals surface area (Å²) in [6.07, 6.45) is 16.1. The van der Waals surface area contributed by atoms with Crippen molar-refractivity contribution in [2.24, 2.45) is 0 Å². The number of hydrogen-bond donors (Lipinski definition) is 2. The molecule has 2 heterocycles. The van der Waals surface area contributed by atoms with Crippen molar-refractivity contribution in [3.8, 4) is 17.2 Å². The second kappa shape index (κ2) is 18.2. The predicted octanol–water partition coefficient (Wildman–Crippen LogP) is 7.20. The van der Waals surface area contributed by atoms with Gasteiger partial charge in [-0.2, -0.15) is 0 Å². The molecule has 1 atom stereocenters. The number of unbranched alkanes of at least 4 members (excludes halogenated alkanes) is 8. The number of aldehydes is 1. The number of benzene rings is 1. The lowest BCUT2D eigenvalue weighted by Gasteiger charge is -2.14. The van der Waals surface area contributed by atoms with Gasteiger partial charge in [0, 0.05) is 50.2 Å². The summed E-state index contributed by atoms with van der Waals surface area (Å²) in [5.74, 6) is 3.70. The molecule has 1 aliphatic rings. The van der Waals surface area contributed by atoms with Crippen LogP contribution in [0.5, 0.6) is 17.2 Å². The van der Waals surface area contributed by atoms with Crippen LogP contribution in [0, 0.1) is 0 Å². The highest BCUT2D eigenvalue weighted by atomic mass is 16.5. The molecule has 2 N–H and O–H groups in total. The van der Waals surface area contributed by atoms with Gasteiger partial charge in [0.05, 0.1) is 6.61 Å². The van der Waals surface area contributed by atoms with Gasteiger partial charge in [-0.3, -0.25) is 4.79 Å². The molecule has 7 nitrogen and oxygen atoms in total. The van der Waals surface area contributed by atoms with Crippen molar-refractivity contribution in [3.05, 3.63) is 41.6 Å². The second-order valence-electron chi connectivity index (χ2n) is 9.86. The summed E-state index contributed by atoms with van der Waals surface area (Å²) in [4.78, 5) is 25.9. The predicted molar refractivity (Wildman–Crippen MR) is 155 cm³/mol. The summed E-state index contributed by atoms with van der Waals surface area (Å²) in [5, 5.41) is 5.70. The molecule has 1 aromatic carbocycles. The number of nitrogens with zero attached hydrogens (tertiary/aromatic N) is 1. The van der Waals surface area contributed by atoms with Crippen molar-refractivity contribution in [1.29, 1.82) is 0 Å². The minimum atomic E-state index is 0.179. The Kier molecular flexibility index (Phi) is 14.9. The molecule has 3 rings (SSSR count). The van der Waals surface area contributed by atoms with Gasteiger partial charge >= 0.3 is 0 Å². The van der Waals surface area contributed by atoms with Crippen LogP contribution in [0.4, 0.5) is 5.82 Å². The Labute approximate surface area is 229 Å². The van der Waals surface area contributed by atoms with E-state index in [1.807, 2.05) is 31.3 Å². The molecule has 0 aliphatic carbocycles. The van der Waals surface area contributed by atoms with Crippen LogP contribution in [-0.2, 0) is 16.0 Å². The van der Waals surface area contributed by atoms with Gasteiger partial charge in [-0.15, -0.1) is 0 Å². The summed E-state index contributed by atoms with van der Waals surface area (Å²) < 4.78 is 11.7. The highest BCUT2D eigenvalue weighted by Crippen LogP contribution is 2.38. The fourth-order valence-electron chi connectivity index (χ4n) is 4.49. The smallest absolute Gasteiger partial charge is 0.219 e. The summed E-state index contributed by atoms with van der Waals surface area (Å²) >= 11 is 0. The third kappa shape index (κ3) is 10.7. The normalized spacial score (nSPS) is 13.5. The van der Waals surface area contributed by atoms with Gasteiger partial charge in [-0.1, -0.05) is 65.2 Å². The highest BCUT2D eigenvalue weighted by molar-refractivity contribution is 5.75. The standard InChI is InChI=1S/C18H20N2O3.C13H27NO/c1-12-11-22-16-6-5-13(10-15(12)16)23-17-7-8-20-18(19-2)14(17)4-3-9-21;1-3-4-5-6-7-8-9-10-11-12-13(15)14-2/h5-10,12H,3-4,11H2,1-2H3,(H,19,20);3-12H2,1-2H3,(H,14,15). The van der Waals surface area contributed by atoms with Gasteiger partial charge in [0.2, 0.25) is 5.91 Å². The number of carbonyl (C=O) groups excluding carboxylic acids is 2. The maximum atomic E-state index is 10.9. The van der Waals surface area contributed by atoms with Crippen molar-refractivity contribution in [2.75, 3.05) is 26.0 Å². The molecular weight excluding hydrogens is 478 g/mol. The molecule has 1 amide bonds. The zero-order valence-corrected chi connectivity index (χ0v) is 23.8. The van der Waals surface area contributed by atoms with E-state index >= 15 is 0 Å². The SMILES string of the molecule is CCCCCCCCCCCC(=O)NC.CNc1nccc(Oc2ccc3c(c2)C(C)CO3)c1CCC=O. The van der Waals surface area contributed by atoms with Crippen LogP contribution >= 0.6 is 0 Å². The Balaban J connectivity index is 0.000000296. The minimum Gasteiger partial charge on any atom is -0.493 e. The summed E-state index contributed by atoms with van der Waals surface area (Å²) in [5.41, 5.74) is 2.08. The Morgan fingerprint density at radius 2 is 1.79 bits per heavy atom. The molecule has 7 heteroatoms. The molecule has 2 aromatic rings. The molecule has 0 fully saturated rings. The van der Waals surface area contributed by atoms with Crippen molar-refractivity contribution in [3.63, 3.8) is 0 Å². The van der Waals surface area contributed by atoms with Gasteiger partial charge in [-0.05, 0) is 37.1 Å². The molecular formula is C31H47N3O4. The largest absolute Gasteiger partial charge is 0.493 e. The minimum absolute atomic E-state index is 0.179. The quantitative estimate of drug-likeness (QED) is 0.178. The first kappa shape index (κ1) is 31.1. The number of hydrogen-bond acceptors (Lipinski definition) is 6. The maximum absolute atomic E-state index is 10.9. The Morgan fingerprint density at radius 3 is 2.45 bits per heavy atom. The van der Waals surface area contributed by atoms with Crippen LogP contribution in [-0.4, -0.2) is 37.9 Å². The number of amides is 1. The molecule has 1 aromatic heterocycles. The van der Waals surface area contributed by atoms with Crippen LogP contribution < -0.4 is 20.1 Å². The zero-order valence-electron chi connectivity index (χ0n) is 23.8. The number of rotatable bonds is 16. The topological polar surface area (TPSA) is 89.6 Å². The Morgan fingerprint density at radius 1 is 1.08 bits per heavy atom. The number of nitrogens with one attached hydrogen (secondary N) is 2. The van der Waals surface area contributed by atoms with Gasteiger partial charge in [0.15, 0.2) is 0 Å². The van der Waals surface area contributed by atoms with E-state index in [-0.39, 0.29) is 5.91 Å². The zero-order chi connectivity index (χ0) is 27.6. The van der Waals surface area contributed by atoms with E-state index in [1.165, 1.54) is 56.9 Å². The third-order valence-corrected chi connectivity index (χ3v) is 6.78. The van der Waals surface area contributed by atoms with Gasteiger partial charge in [0.1, 0.15) is 29.4 Å². The first-order chi connectivity index (χ1) is 18.5. The first-order valence-electron chi connectivity index (χ1n) is 14.3. The van der Waals surface area contributed by atoms with E-state index in [0.717, 1.165) is 41.3 Å². The molecule has 210 valence electrons. The van der Waals surface area contributed by atoms with Crippen LogP contribution in [0.25, 0.3) is 0 Å². The molecule has 0 saturated heterocycles. The van der Waals surface area contributed by atoms with Crippen LogP contribution in [0.1, 0.15) is 102 Å². The van der Waals surface area contributed by atoms with Crippen molar-refractivity contribution in [1.82, 2.24) is 10.3 Å². The van der Waals surface area contributed by atoms with E-state index in [9.17, 15) is 9.59 Å². The number of pyridine rings is 1. The number of aromatic nitrogens is 1. The van der Waals surface area contributed by atoms with E-state index in [4.69, 9.17) is 9.47 Å². The van der Waals surface area contributed by atoms with Crippen molar-refractivity contribution >= 4 is 18.0 Å². The lowest BCUT2D eigenvalue weighted by molar-refractivity contribution is -0.120. The third-order valence-electron chi connectivity index (χ3n) is 6.78. The van der Waals surface area contributed by atoms with E-state index < -0.39 is 0 Å². The van der Waals surface area contributed by atoms with Crippen LogP contribution in [0.3, 0.4) is 0 Å². The van der Waals surface area contributed by atoms with Crippen LogP contribution in [0.15, 0.2) is 30.5 Å². The molecule has 0 spiro atoms. The van der Waals surface area contributed by atoms with Crippen molar-refractivity contribution in [2.45, 2.75) is 96.8 Å². The Bertz CT molecular complexity index is 980. The highest BCUT2D eigenvalue weighted by Gasteiger charge is 2.21. The molecule has 1 unspecified atom stereocenters. The number of anilines is 1. The number of ether oxygens (including phenoxy) is 2. The molecule has 1 aliphatic heterocycles. The number of carbonyl (C=O) groups is 2. The van der Waals surface area contributed by atoms with E-state index in [2.05, 4.69) is 29.5 Å². The summed E-state index contributed by atoms with van der Waals surface area (Å²) in [6.45, 7) is 5.10. The molecule has 38 heavy (non-hydrogen) atoms. The monoisotopic (exact) mass is 525 g/mol. The fourth-order valence-corrected chi connectivity index (χ4v) is 4.49. The summed E-state index contributed by atoms with van der Waals surface area (Å²) in [6, 6.07) is 7.70. The maximum Gasteiger partial charge on any atom is 0.219 e. The van der Waals surface area contributed by atoms with Crippen LogP contribution in [0.2, 0.25) is 0 Å². The summed E-state index contributed by atoms with van der Waals surface area (Å²) in [7, 11) is 3.51. The molecule has 0 bridgehead atoms. The van der Waals surface area contributed by atoms with Gasteiger partial charge in [0.25, 0.3) is 0 Å². The molecule has 0 saturated carbocycles. The van der Waals surface area contributed by atoms with E-state index in [1.54, 1.807) is 13.2 Å². The van der Waals surface area contributed by atoms with E-state index in [0.29, 0.717) is 31.8 Å². The average Bonchev–Trinajstić information content (AvgIpc) is 3.31. The average molecular weight is 526 g/mol. The fraction of sp³-hybridized carbons (Fsp3) is 0.581. The lowest BCUT2D eigenvalue weighted by atomic mass is 10.0. The lowest BCUT2D eigenvalue weighted by Crippen LogP contribution is -2.16. The molecule has 0 radical (unpaired) electrons. The Hall–Kier alpha value is -3.09. The van der Waals surface area contributed by atoms with Gasteiger partial charge < -0.3 is 24.9 Å². The first-order valence-corrected chi connectivity index (χ1v) is 14.3. The number of fused-ring (bicyclic) bond motifs is 1. The van der Waals surface area contributed by atoms with Gasteiger partial charge in [-0.25, -0.2) is 4.98 Å².